The van der Waals surface area contributed by atoms with Crippen LogP contribution in [0.2, 0.25) is 0 Å². The van der Waals surface area contributed by atoms with Gasteiger partial charge in [-0.05, 0) is 6.42 Å². The monoisotopic (exact) mass is 398 g/mol. The summed E-state index contributed by atoms with van der Waals surface area (Å²) in [7, 11) is 0. The molecule has 2 saturated heterocycles. The first kappa shape index (κ1) is 22.8. The van der Waals surface area contributed by atoms with Crippen molar-refractivity contribution >= 4 is 0 Å². The molecule has 0 aromatic rings. The Kier molecular flexibility index (Phi) is 8.77. The maximum atomic E-state index is 10.4. The summed E-state index contributed by atoms with van der Waals surface area (Å²) in [6, 6.07) is 0. The molecule has 0 radical (unpaired) electrons. The van der Waals surface area contributed by atoms with E-state index in [1.54, 1.807) is 0 Å². The second kappa shape index (κ2) is 10.4. The van der Waals surface area contributed by atoms with Gasteiger partial charge in [-0.3, -0.25) is 0 Å². The molecule has 0 aromatic heterocycles. The van der Waals surface area contributed by atoms with Gasteiger partial charge >= 0.3 is 0 Å². The van der Waals surface area contributed by atoms with E-state index in [4.69, 9.17) is 18.9 Å². The Morgan fingerprint density at radius 1 is 0.741 bits per heavy atom. The van der Waals surface area contributed by atoms with Crippen LogP contribution < -0.4 is 0 Å². The highest BCUT2D eigenvalue weighted by molar-refractivity contribution is 4.94. The third-order valence-corrected chi connectivity index (χ3v) is 4.74. The molecule has 0 unspecified atom stereocenters. The smallest absolute Gasteiger partial charge is 0.187 e. The molecular weight excluding hydrogens is 368 g/mol. The topological polar surface area (TPSA) is 179 Å². The molecule has 11 heteroatoms. The number of rotatable bonds is 8. The fraction of sp³-hybridized carbons (Fsp3) is 1.00. The highest BCUT2D eigenvalue weighted by Gasteiger charge is 2.50. The standard InChI is InChI=1S/C16H30O11/c1-2-3-4-24-15-13(23)11(21)14(8(6-18)26-15)27-16-12(22)10(20)9(19)7(5-17)25-16/h7-23H,2-6H2,1H3/t7-,8-,9-,10+,11-,12-,13-,14-,15+,16-/m1/s1. The van der Waals surface area contributed by atoms with Crippen LogP contribution in [0.15, 0.2) is 0 Å². The summed E-state index contributed by atoms with van der Waals surface area (Å²) in [6.45, 7) is 1.02. The molecule has 0 saturated carbocycles. The predicted octanol–water partition coefficient (Wildman–Crippen LogP) is -3.57. The van der Waals surface area contributed by atoms with E-state index in [1.165, 1.54) is 0 Å². The van der Waals surface area contributed by atoms with E-state index in [0.717, 1.165) is 12.8 Å². The van der Waals surface area contributed by atoms with Crippen LogP contribution in [0.25, 0.3) is 0 Å². The van der Waals surface area contributed by atoms with Gasteiger partial charge in [0, 0.05) is 6.61 Å². The van der Waals surface area contributed by atoms with E-state index < -0.39 is 74.6 Å². The number of hydrogen-bond acceptors (Lipinski definition) is 11. The van der Waals surface area contributed by atoms with E-state index in [9.17, 15) is 35.7 Å². The lowest BCUT2D eigenvalue weighted by molar-refractivity contribution is -0.359. The van der Waals surface area contributed by atoms with Crippen LogP contribution in [0.3, 0.4) is 0 Å². The Balaban J connectivity index is 2.06. The molecule has 7 N–H and O–H groups in total. The van der Waals surface area contributed by atoms with Crippen LogP contribution in [0.4, 0.5) is 0 Å². The molecule has 2 rings (SSSR count). The lowest BCUT2D eigenvalue weighted by Crippen LogP contribution is -2.64. The maximum absolute atomic E-state index is 10.4. The van der Waals surface area contributed by atoms with Gasteiger partial charge in [0.05, 0.1) is 13.2 Å². The summed E-state index contributed by atoms with van der Waals surface area (Å²) in [5.74, 6) is 0. The fourth-order valence-corrected chi connectivity index (χ4v) is 3.04. The molecule has 27 heavy (non-hydrogen) atoms. The molecule has 0 aromatic carbocycles. The molecule has 0 spiro atoms. The van der Waals surface area contributed by atoms with Crippen molar-refractivity contribution in [3.8, 4) is 0 Å². The first-order valence-corrected chi connectivity index (χ1v) is 9.05. The van der Waals surface area contributed by atoms with Crippen LogP contribution in [-0.2, 0) is 18.9 Å². The first-order valence-electron chi connectivity index (χ1n) is 9.05. The van der Waals surface area contributed by atoms with Gasteiger partial charge in [0.25, 0.3) is 0 Å². The minimum atomic E-state index is -1.69. The van der Waals surface area contributed by atoms with E-state index in [1.807, 2.05) is 6.92 Å². The highest BCUT2D eigenvalue weighted by Crippen LogP contribution is 2.29. The number of ether oxygens (including phenoxy) is 4. The third kappa shape index (κ3) is 5.14. The zero-order valence-electron chi connectivity index (χ0n) is 15.1. The number of aliphatic hydroxyl groups is 7. The van der Waals surface area contributed by atoms with Crippen LogP contribution >= 0.6 is 0 Å². The lowest BCUT2D eigenvalue weighted by atomic mass is 9.97. The Bertz CT molecular complexity index is 435. The zero-order chi connectivity index (χ0) is 20.1. The van der Waals surface area contributed by atoms with Crippen LogP contribution in [0.1, 0.15) is 19.8 Å². The second-order valence-electron chi connectivity index (χ2n) is 6.73. The fourth-order valence-electron chi connectivity index (χ4n) is 3.04. The molecule has 0 bridgehead atoms. The molecule has 2 aliphatic rings. The Morgan fingerprint density at radius 3 is 1.93 bits per heavy atom. The Hall–Kier alpha value is -0.440. The summed E-state index contributed by atoms with van der Waals surface area (Å²) in [6.07, 6.45) is -12.7. The molecule has 0 amide bonds. The van der Waals surface area contributed by atoms with Gasteiger partial charge in [0.1, 0.15) is 48.8 Å². The molecule has 2 aliphatic heterocycles. The molecule has 2 fully saturated rings. The number of hydrogen-bond donors (Lipinski definition) is 7. The quantitative estimate of drug-likeness (QED) is 0.201. The Labute approximate surface area is 156 Å². The van der Waals surface area contributed by atoms with E-state index in [2.05, 4.69) is 0 Å². The van der Waals surface area contributed by atoms with Gasteiger partial charge in [-0.2, -0.15) is 0 Å². The van der Waals surface area contributed by atoms with Crippen molar-refractivity contribution in [3.05, 3.63) is 0 Å². The molecule has 11 nitrogen and oxygen atoms in total. The zero-order valence-corrected chi connectivity index (χ0v) is 15.1. The van der Waals surface area contributed by atoms with Crippen molar-refractivity contribution in [1.29, 1.82) is 0 Å². The first-order chi connectivity index (χ1) is 12.8. The van der Waals surface area contributed by atoms with Gasteiger partial charge in [0.15, 0.2) is 12.6 Å². The molecule has 160 valence electrons. The summed E-state index contributed by atoms with van der Waals surface area (Å²) in [4.78, 5) is 0. The summed E-state index contributed by atoms with van der Waals surface area (Å²) in [5.41, 5.74) is 0. The van der Waals surface area contributed by atoms with Crippen molar-refractivity contribution in [1.82, 2.24) is 0 Å². The van der Waals surface area contributed by atoms with Crippen molar-refractivity contribution in [2.75, 3.05) is 19.8 Å². The van der Waals surface area contributed by atoms with Crippen molar-refractivity contribution in [2.45, 2.75) is 81.2 Å². The average Bonchev–Trinajstić information content (AvgIpc) is 2.67. The summed E-state index contributed by atoms with van der Waals surface area (Å²) in [5, 5.41) is 69.0. The van der Waals surface area contributed by atoms with Gasteiger partial charge < -0.3 is 54.7 Å². The molecule has 2 heterocycles. The molecule has 0 aliphatic carbocycles. The largest absolute Gasteiger partial charge is 0.394 e. The van der Waals surface area contributed by atoms with Gasteiger partial charge in [-0.25, -0.2) is 0 Å². The van der Waals surface area contributed by atoms with E-state index in [-0.39, 0.29) is 0 Å². The average molecular weight is 398 g/mol. The SMILES string of the molecule is CCCCO[C@H]1O[C@H](CO)[C@@H](O[C@H]2O[C@H](CO)[C@@H](O)[C@H](O)[C@H]2O)[C@H](O)[C@H]1O. The van der Waals surface area contributed by atoms with E-state index in [0.29, 0.717) is 6.61 Å². The molecular formula is C16H30O11. The summed E-state index contributed by atoms with van der Waals surface area (Å²) >= 11 is 0. The second-order valence-corrected chi connectivity index (χ2v) is 6.73. The van der Waals surface area contributed by atoms with E-state index >= 15 is 0 Å². The lowest BCUT2D eigenvalue weighted by Gasteiger charge is -2.45. The van der Waals surface area contributed by atoms with Gasteiger partial charge in [-0.15, -0.1) is 0 Å². The number of aliphatic hydroxyl groups excluding tert-OH is 7. The summed E-state index contributed by atoms with van der Waals surface area (Å²) < 4.78 is 21.5. The van der Waals surface area contributed by atoms with Gasteiger partial charge in [-0.1, -0.05) is 13.3 Å². The van der Waals surface area contributed by atoms with Crippen molar-refractivity contribution in [2.24, 2.45) is 0 Å². The number of unbranched alkanes of at least 4 members (excludes halogenated alkanes) is 1. The van der Waals surface area contributed by atoms with Gasteiger partial charge in [0.2, 0.25) is 0 Å². The van der Waals surface area contributed by atoms with Crippen LogP contribution in [0, 0.1) is 0 Å². The highest BCUT2D eigenvalue weighted by atomic mass is 16.7. The third-order valence-electron chi connectivity index (χ3n) is 4.74. The van der Waals surface area contributed by atoms with Crippen LogP contribution in [0.5, 0.6) is 0 Å². The Morgan fingerprint density at radius 2 is 1.33 bits per heavy atom. The minimum Gasteiger partial charge on any atom is -0.394 e. The normalized spacial score (nSPS) is 45.8. The predicted molar refractivity (Wildman–Crippen MR) is 87.3 cm³/mol. The molecule has 10 atom stereocenters. The van der Waals surface area contributed by atoms with Crippen molar-refractivity contribution < 1.29 is 54.7 Å². The minimum absolute atomic E-state index is 0.293. The maximum Gasteiger partial charge on any atom is 0.187 e. The van der Waals surface area contributed by atoms with Crippen molar-refractivity contribution in [3.63, 3.8) is 0 Å². The van der Waals surface area contributed by atoms with Crippen LogP contribution in [-0.4, -0.2) is 117 Å².